The molecule has 1 aromatic rings. The number of carbonyl (C=O) groups is 1. The Morgan fingerprint density at radius 3 is 2.95 bits per heavy atom. The molecule has 1 fully saturated rings. The maximum absolute atomic E-state index is 12.3. The van der Waals surface area contributed by atoms with Crippen molar-refractivity contribution in [2.45, 2.75) is 65.5 Å². The summed E-state index contributed by atoms with van der Waals surface area (Å²) in [7, 11) is 0. The van der Waals surface area contributed by atoms with Gasteiger partial charge in [-0.25, -0.2) is 0 Å². The van der Waals surface area contributed by atoms with Crippen LogP contribution in [0.15, 0.2) is 0 Å². The molecule has 1 heterocycles. The summed E-state index contributed by atoms with van der Waals surface area (Å²) in [5.41, 5.74) is 0. The molecule has 3 atom stereocenters. The lowest BCUT2D eigenvalue weighted by Crippen LogP contribution is -2.44. The second-order valence-corrected chi connectivity index (χ2v) is 6.61. The Morgan fingerprint density at radius 1 is 1.48 bits per heavy atom. The fourth-order valence-corrected chi connectivity index (χ4v) is 3.33. The Kier molecular flexibility index (Phi) is 5.56. The van der Waals surface area contributed by atoms with Crippen LogP contribution in [0.4, 0.5) is 0 Å². The molecule has 6 heteroatoms. The van der Waals surface area contributed by atoms with Gasteiger partial charge in [0.15, 0.2) is 4.77 Å². The summed E-state index contributed by atoms with van der Waals surface area (Å²) < 4.78 is 2.34. The smallest absolute Gasteiger partial charge is 0.240 e. The summed E-state index contributed by atoms with van der Waals surface area (Å²) in [5.74, 6) is 2.12. The van der Waals surface area contributed by atoms with Crippen molar-refractivity contribution >= 4 is 18.1 Å². The van der Waals surface area contributed by atoms with E-state index in [1.165, 1.54) is 12.8 Å². The summed E-state index contributed by atoms with van der Waals surface area (Å²) >= 11 is 5.22. The first-order valence-electron chi connectivity index (χ1n) is 7.96. The number of H-pyrrole nitrogens is 1. The monoisotopic (exact) mass is 310 g/mol. The molecule has 118 valence electrons. The fraction of sp³-hybridized carbons (Fsp3) is 0.800. The van der Waals surface area contributed by atoms with Gasteiger partial charge in [-0.05, 0) is 36.9 Å². The molecule has 1 saturated carbocycles. The largest absolute Gasteiger partial charge is 0.352 e. The van der Waals surface area contributed by atoms with Crippen LogP contribution in [0, 0.1) is 16.6 Å². The summed E-state index contributed by atoms with van der Waals surface area (Å²) in [6, 6.07) is 0.289. The zero-order valence-corrected chi connectivity index (χ0v) is 14.0. The van der Waals surface area contributed by atoms with Crippen LogP contribution in [0.25, 0.3) is 0 Å². The van der Waals surface area contributed by atoms with Crippen molar-refractivity contribution < 1.29 is 4.79 Å². The van der Waals surface area contributed by atoms with Gasteiger partial charge in [0, 0.05) is 12.5 Å². The molecule has 3 unspecified atom stereocenters. The first kappa shape index (κ1) is 16.2. The van der Waals surface area contributed by atoms with Gasteiger partial charge in [0.2, 0.25) is 5.91 Å². The normalized spacial score (nSPS) is 25.8. The third kappa shape index (κ3) is 3.93. The highest BCUT2D eigenvalue weighted by molar-refractivity contribution is 7.71. The minimum Gasteiger partial charge on any atom is -0.352 e. The van der Waals surface area contributed by atoms with Crippen LogP contribution in [0.3, 0.4) is 0 Å². The van der Waals surface area contributed by atoms with Gasteiger partial charge in [0.05, 0.1) is 0 Å². The van der Waals surface area contributed by atoms with E-state index in [1.807, 2.05) is 4.57 Å². The lowest BCUT2D eigenvalue weighted by Gasteiger charge is -2.34. The Labute approximate surface area is 131 Å². The Hall–Kier alpha value is -1.17. The van der Waals surface area contributed by atoms with Crippen LogP contribution in [0.1, 0.15) is 52.3 Å². The van der Waals surface area contributed by atoms with Crippen molar-refractivity contribution in [3.05, 3.63) is 10.6 Å². The fourth-order valence-electron chi connectivity index (χ4n) is 3.11. The number of nitrogens with one attached hydrogen (secondary N) is 2. The van der Waals surface area contributed by atoms with Crippen molar-refractivity contribution in [2.24, 2.45) is 11.8 Å². The van der Waals surface area contributed by atoms with Crippen molar-refractivity contribution in [1.29, 1.82) is 0 Å². The number of carbonyl (C=O) groups excluding carboxylic acids is 1. The van der Waals surface area contributed by atoms with Crippen LogP contribution in [0.2, 0.25) is 0 Å². The van der Waals surface area contributed by atoms with E-state index in [9.17, 15) is 4.79 Å². The van der Waals surface area contributed by atoms with E-state index in [0.717, 1.165) is 25.1 Å². The molecule has 0 bridgehead atoms. The van der Waals surface area contributed by atoms with E-state index in [2.05, 4.69) is 36.3 Å². The zero-order valence-electron chi connectivity index (χ0n) is 13.2. The van der Waals surface area contributed by atoms with Gasteiger partial charge in [-0.1, -0.05) is 33.6 Å². The van der Waals surface area contributed by atoms with Crippen LogP contribution >= 0.6 is 12.2 Å². The predicted molar refractivity (Wildman–Crippen MR) is 85.5 cm³/mol. The van der Waals surface area contributed by atoms with E-state index in [-0.39, 0.29) is 18.5 Å². The van der Waals surface area contributed by atoms with Crippen LogP contribution in [-0.4, -0.2) is 26.7 Å². The summed E-state index contributed by atoms with van der Waals surface area (Å²) in [5, 5.41) is 10.2. The van der Waals surface area contributed by atoms with Crippen molar-refractivity contribution in [1.82, 2.24) is 20.1 Å². The molecule has 5 nitrogen and oxygen atoms in total. The molecule has 1 aromatic heterocycles. The Morgan fingerprint density at radius 2 is 2.24 bits per heavy atom. The molecule has 0 spiro atoms. The average Bonchev–Trinajstić information content (AvgIpc) is 2.77. The Bertz CT molecular complexity index is 536. The predicted octanol–water partition coefficient (Wildman–Crippen LogP) is 2.83. The topological polar surface area (TPSA) is 62.7 Å². The highest BCUT2D eigenvalue weighted by atomic mass is 32.1. The highest BCUT2D eigenvalue weighted by Gasteiger charge is 2.28. The van der Waals surface area contributed by atoms with Crippen molar-refractivity contribution in [3.8, 4) is 0 Å². The molecular formula is C15H26N4OS. The van der Waals surface area contributed by atoms with E-state index < -0.39 is 0 Å². The zero-order chi connectivity index (χ0) is 15.4. The number of rotatable bonds is 5. The molecule has 21 heavy (non-hydrogen) atoms. The number of aromatic amines is 1. The number of nitrogens with zero attached hydrogens (tertiary/aromatic N) is 2. The second-order valence-electron chi connectivity index (χ2n) is 6.22. The SMILES string of the molecule is CCCc1n[nH]c(=S)n1CC(=O)NC1CCCC(C)C1C. The molecule has 0 aromatic carbocycles. The van der Waals surface area contributed by atoms with E-state index in [0.29, 0.717) is 16.6 Å². The lowest BCUT2D eigenvalue weighted by molar-refractivity contribution is -0.123. The summed E-state index contributed by atoms with van der Waals surface area (Å²) in [4.78, 5) is 12.3. The van der Waals surface area contributed by atoms with Gasteiger partial charge in [-0.3, -0.25) is 14.5 Å². The maximum Gasteiger partial charge on any atom is 0.240 e. The Balaban J connectivity index is 1.98. The molecule has 0 saturated heterocycles. The molecular weight excluding hydrogens is 284 g/mol. The number of aryl methyl sites for hydroxylation is 1. The lowest BCUT2D eigenvalue weighted by atomic mass is 9.78. The molecule has 2 rings (SSSR count). The van der Waals surface area contributed by atoms with E-state index in [1.54, 1.807) is 0 Å². The number of hydrogen-bond acceptors (Lipinski definition) is 3. The minimum absolute atomic E-state index is 0.0378. The molecule has 0 radical (unpaired) electrons. The summed E-state index contributed by atoms with van der Waals surface area (Å²) in [6.45, 7) is 6.87. The van der Waals surface area contributed by atoms with Gasteiger partial charge in [-0.2, -0.15) is 5.10 Å². The quantitative estimate of drug-likeness (QED) is 0.822. The maximum atomic E-state index is 12.3. The van der Waals surface area contributed by atoms with Gasteiger partial charge < -0.3 is 5.32 Å². The van der Waals surface area contributed by atoms with E-state index in [4.69, 9.17) is 12.2 Å². The third-order valence-electron chi connectivity index (χ3n) is 4.67. The molecule has 0 aliphatic heterocycles. The number of hydrogen-bond donors (Lipinski definition) is 2. The van der Waals surface area contributed by atoms with Gasteiger partial charge in [0.1, 0.15) is 12.4 Å². The van der Waals surface area contributed by atoms with Crippen molar-refractivity contribution in [3.63, 3.8) is 0 Å². The van der Waals surface area contributed by atoms with Gasteiger partial charge in [-0.15, -0.1) is 0 Å². The van der Waals surface area contributed by atoms with Crippen LogP contribution < -0.4 is 5.32 Å². The molecule has 1 aliphatic rings. The second kappa shape index (κ2) is 7.20. The average molecular weight is 310 g/mol. The number of aromatic nitrogens is 3. The first-order chi connectivity index (χ1) is 10.0. The highest BCUT2D eigenvalue weighted by Crippen LogP contribution is 2.29. The van der Waals surface area contributed by atoms with E-state index >= 15 is 0 Å². The summed E-state index contributed by atoms with van der Waals surface area (Å²) in [6.07, 6.45) is 5.36. The molecule has 2 N–H and O–H groups in total. The first-order valence-corrected chi connectivity index (χ1v) is 8.37. The van der Waals surface area contributed by atoms with Crippen LogP contribution in [-0.2, 0) is 17.8 Å². The van der Waals surface area contributed by atoms with Crippen molar-refractivity contribution in [2.75, 3.05) is 0 Å². The number of amides is 1. The molecule has 1 aliphatic carbocycles. The third-order valence-corrected chi connectivity index (χ3v) is 4.98. The van der Waals surface area contributed by atoms with Gasteiger partial charge >= 0.3 is 0 Å². The standard InChI is InChI=1S/C15H26N4OS/c1-4-6-13-17-18-15(21)19(13)9-14(20)16-12-8-5-7-10(2)11(12)3/h10-12H,4-9H2,1-3H3,(H,16,20)(H,18,21). The minimum atomic E-state index is 0.0378. The van der Waals surface area contributed by atoms with Gasteiger partial charge in [0.25, 0.3) is 0 Å². The van der Waals surface area contributed by atoms with Crippen LogP contribution in [0.5, 0.6) is 0 Å². The molecule has 1 amide bonds.